The maximum atomic E-state index is 11.5. The van der Waals surface area contributed by atoms with E-state index in [1.165, 1.54) is 0 Å². The Labute approximate surface area is 109 Å². The smallest absolute Gasteiger partial charge is 0.325 e. The van der Waals surface area contributed by atoms with Crippen LogP contribution in [-0.4, -0.2) is 58.3 Å². The lowest BCUT2D eigenvalue weighted by Crippen LogP contribution is -2.45. The van der Waals surface area contributed by atoms with Crippen molar-refractivity contribution in [3.63, 3.8) is 0 Å². The highest BCUT2D eigenvalue weighted by Gasteiger charge is 2.27. The molecule has 0 saturated heterocycles. The first-order valence-corrected chi connectivity index (χ1v) is 6.15. The molecule has 0 aromatic rings. The lowest BCUT2D eigenvalue weighted by Gasteiger charge is -2.20. The minimum Gasteiger partial charge on any atom is -0.462 e. The summed E-state index contributed by atoms with van der Waals surface area (Å²) in [6, 6.07) is 0. The van der Waals surface area contributed by atoms with E-state index in [9.17, 15) is 4.79 Å². The van der Waals surface area contributed by atoms with Gasteiger partial charge >= 0.3 is 5.97 Å². The van der Waals surface area contributed by atoms with Gasteiger partial charge in [0.1, 0.15) is 12.1 Å². The number of hydrogen-bond donors (Lipinski definition) is 1. The minimum absolute atomic E-state index is 0.212. The second-order valence-corrected chi connectivity index (χ2v) is 4.12. The molecular formula is C12H25NO5. The summed E-state index contributed by atoms with van der Waals surface area (Å²) >= 11 is 0. The molecule has 0 aromatic carbocycles. The Hall–Kier alpha value is -0.690. The van der Waals surface area contributed by atoms with Gasteiger partial charge in [-0.1, -0.05) is 6.92 Å². The number of carbonyl (C=O) groups excluding carboxylic acids is 1. The lowest BCUT2D eigenvalue weighted by atomic mass is 10.0. The van der Waals surface area contributed by atoms with Crippen molar-refractivity contribution in [3.8, 4) is 0 Å². The number of methoxy groups -OCH3 is 1. The molecule has 0 bridgehead atoms. The van der Waals surface area contributed by atoms with Crippen LogP contribution in [0.1, 0.15) is 20.3 Å². The van der Waals surface area contributed by atoms with Gasteiger partial charge in [0.2, 0.25) is 0 Å². The van der Waals surface area contributed by atoms with Gasteiger partial charge < -0.3 is 24.7 Å². The Balaban J connectivity index is 3.33. The highest BCUT2D eigenvalue weighted by Crippen LogP contribution is 2.06. The number of nitrogens with two attached hydrogens (primary N) is 1. The number of rotatable bonds is 11. The number of hydrogen-bond acceptors (Lipinski definition) is 6. The van der Waals surface area contributed by atoms with Crippen molar-refractivity contribution in [1.82, 2.24) is 0 Å². The molecule has 1 atom stereocenters. The van der Waals surface area contributed by atoms with Gasteiger partial charge in [0.05, 0.1) is 33.0 Å². The Bertz CT molecular complexity index is 221. The van der Waals surface area contributed by atoms with Gasteiger partial charge in [0, 0.05) is 7.11 Å². The fourth-order valence-corrected chi connectivity index (χ4v) is 0.967. The van der Waals surface area contributed by atoms with Crippen LogP contribution in [0.2, 0.25) is 0 Å². The fraction of sp³-hybridized carbons (Fsp3) is 0.917. The molecule has 0 spiro atoms. The van der Waals surface area contributed by atoms with Crippen molar-refractivity contribution >= 4 is 5.97 Å². The number of carbonyl (C=O) groups is 1. The molecular weight excluding hydrogens is 238 g/mol. The van der Waals surface area contributed by atoms with E-state index in [1.54, 1.807) is 14.0 Å². The maximum Gasteiger partial charge on any atom is 0.325 e. The first kappa shape index (κ1) is 17.3. The standard InChI is InChI=1S/C12H25NO5/c1-4-12(2,13)11(14)18-10-9-17-8-7-16-6-5-15-3/h4-10,13H2,1-3H3. The zero-order valence-electron chi connectivity index (χ0n) is 11.6. The van der Waals surface area contributed by atoms with E-state index in [1.807, 2.05) is 6.92 Å². The summed E-state index contributed by atoms with van der Waals surface area (Å²) in [5, 5.41) is 0. The molecule has 0 saturated carbocycles. The molecule has 2 N–H and O–H groups in total. The molecule has 0 radical (unpaired) electrons. The third-order valence-corrected chi connectivity index (χ3v) is 2.47. The first-order valence-electron chi connectivity index (χ1n) is 6.15. The van der Waals surface area contributed by atoms with Gasteiger partial charge in [-0.2, -0.15) is 0 Å². The van der Waals surface area contributed by atoms with Crippen LogP contribution in [0.3, 0.4) is 0 Å². The van der Waals surface area contributed by atoms with Crippen molar-refractivity contribution in [2.24, 2.45) is 5.73 Å². The largest absolute Gasteiger partial charge is 0.462 e. The predicted octanol–water partition coefficient (Wildman–Crippen LogP) is 0.337. The zero-order valence-corrected chi connectivity index (χ0v) is 11.6. The molecule has 108 valence electrons. The van der Waals surface area contributed by atoms with Gasteiger partial charge in [0.15, 0.2) is 0 Å². The van der Waals surface area contributed by atoms with Gasteiger partial charge in [0.25, 0.3) is 0 Å². The number of ether oxygens (including phenoxy) is 4. The van der Waals surface area contributed by atoms with Gasteiger partial charge in [-0.25, -0.2) is 0 Å². The topological polar surface area (TPSA) is 80.0 Å². The molecule has 1 unspecified atom stereocenters. The Morgan fingerprint density at radius 1 is 1.06 bits per heavy atom. The average Bonchev–Trinajstić information content (AvgIpc) is 2.36. The summed E-state index contributed by atoms with van der Waals surface area (Å²) in [7, 11) is 1.62. The fourth-order valence-electron chi connectivity index (χ4n) is 0.967. The van der Waals surface area contributed by atoms with E-state index in [0.29, 0.717) is 39.5 Å². The van der Waals surface area contributed by atoms with Crippen LogP contribution in [-0.2, 0) is 23.7 Å². The van der Waals surface area contributed by atoms with Crippen LogP contribution in [0.25, 0.3) is 0 Å². The van der Waals surface area contributed by atoms with Crippen LogP contribution in [0.15, 0.2) is 0 Å². The highest BCUT2D eigenvalue weighted by molar-refractivity contribution is 5.79. The normalized spacial score (nSPS) is 14.2. The molecule has 0 aliphatic heterocycles. The van der Waals surface area contributed by atoms with E-state index in [-0.39, 0.29) is 6.61 Å². The van der Waals surface area contributed by atoms with Crippen molar-refractivity contribution < 1.29 is 23.7 Å². The summed E-state index contributed by atoms with van der Waals surface area (Å²) in [5.74, 6) is -0.398. The Morgan fingerprint density at radius 3 is 2.06 bits per heavy atom. The van der Waals surface area contributed by atoms with Gasteiger partial charge in [-0.05, 0) is 13.3 Å². The van der Waals surface area contributed by atoms with Crippen LogP contribution in [0.5, 0.6) is 0 Å². The maximum absolute atomic E-state index is 11.5. The molecule has 0 rings (SSSR count). The quantitative estimate of drug-likeness (QED) is 0.427. The van der Waals surface area contributed by atoms with Crippen molar-refractivity contribution in [2.75, 3.05) is 46.8 Å². The van der Waals surface area contributed by atoms with E-state index in [0.717, 1.165) is 0 Å². The molecule has 18 heavy (non-hydrogen) atoms. The molecule has 6 heteroatoms. The van der Waals surface area contributed by atoms with Crippen molar-refractivity contribution in [2.45, 2.75) is 25.8 Å². The van der Waals surface area contributed by atoms with E-state index < -0.39 is 11.5 Å². The number of esters is 1. The van der Waals surface area contributed by atoms with Crippen molar-refractivity contribution in [3.05, 3.63) is 0 Å². The molecule has 0 amide bonds. The van der Waals surface area contributed by atoms with Crippen LogP contribution >= 0.6 is 0 Å². The average molecular weight is 263 g/mol. The summed E-state index contributed by atoms with van der Waals surface area (Å²) in [6.45, 7) is 6.15. The highest BCUT2D eigenvalue weighted by atomic mass is 16.6. The van der Waals surface area contributed by atoms with Gasteiger partial charge in [-0.3, -0.25) is 4.79 Å². The Morgan fingerprint density at radius 2 is 1.56 bits per heavy atom. The summed E-state index contributed by atoms with van der Waals surface area (Å²) in [6.07, 6.45) is 0.542. The SMILES string of the molecule is CCC(C)(N)C(=O)OCCOCCOCCOC. The Kier molecular flexibility index (Phi) is 9.86. The first-order chi connectivity index (χ1) is 8.54. The monoisotopic (exact) mass is 263 g/mol. The van der Waals surface area contributed by atoms with E-state index in [4.69, 9.17) is 24.7 Å². The summed E-state index contributed by atoms with van der Waals surface area (Å²) in [5.41, 5.74) is 4.81. The molecule has 0 heterocycles. The van der Waals surface area contributed by atoms with Crippen molar-refractivity contribution in [1.29, 1.82) is 0 Å². The molecule has 0 fully saturated rings. The minimum atomic E-state index is -0.913. The second-order valence-electron chi connectivity index (χ2n) is 4.12. The van der Waals surface area contributed by atoms with E-state index >= 15 is 0 Å². The molecule has 0 aliphatic rings. The third-order valence-electron chi connectivity index (χ3n) is 2.47. The second kappa shape index (κ2) is 10.3. The summed E-state index contributed by atoms with van der Waals surface area (Å²) in [4.78, 5) is 11.5. The van der Waals surface area contributed by atoms with Crippen LogP contribution in [0, 0.1) is 0 Å². The predicted molar refractivity (Wildman–Crippen MR) is 67.4 cm³/mol. The molecule has 6 nitrogen and oxygen atoms in total. The summed E-state index contributed by atoms with van der Waals surface area (Å²) < 4.78 is 20.2. The van der Waals surface area contributed by atoms with Crippen LogP contribution in [0.4, 0.5) is 0 Å². The molecule has 0 aromatic heterocycles. The third kappa shape index (κ3) is 8.41. The zero-order chi connectivity index (χ0) is 13.9. The lowest BCUT2D eigenvalue weighted by molar-refractivity contribution is -0.151. The van der Waals surface area contributed by atoms with Gasteiger partial charge in [-0.15, -0.1) is 0 Å². The van der Waals surface area contributed by atoms with E-state index in [2.05, 4.69) is 0 Å². The molecule has 0 aliphatic carbocycles. The van der Waals surface area contributed by atoms with Crippen LogP contribution < -0.4 is 5.73 Å².